The van der Waals surface area contributed by atoms with E-state index in [1.165, 1.54) is 19.3 Å². The lowest BCUT2D eigenvalue weighted by Gasteiger charge is -2.28. The molecule has 1 aromatic heterocycles. The normalized spacial score (nSPS) is 21.4. The molecule has 0 aliphatic heterocycles. The third-order valence-electron chi connectivity index (χ3n) is 3.58. The zero-order valence-electron chi connectivity index (χ0n) is 9.07. The van der Waals surface area contributed by atoms with Crippen molar-refractivity contribution in [3.05, 3.63) is 27.9 Å². The third-order valence-corrected chi connectivity index (χ3v) is 3.58. The van der Waals surface area contributed by atoms with Crippen LogP contribution in [0.4, 0.5) is 0 Å². The Morgan fingerprint density at radius 1 is 1.33 bits per heavy atom. The average molecular weight is 204 g/mol. The second kappa shape index (κ2) is 3.19. The van der Waals surface area contributed by atoms with Crippen LogP contribution in [-0.2, 0) is 0 Å². The maximum atomic E-state index is 12.0. The van der Waals surface area contributed by atoms with E-state index in [2.05, 4.69) is 4.98 Å². The molecule has 1 heterocycles. The molecule has 0 atom stereocenters. The Kier molecular flexibility index (Phi) is 1.94. The van der Waals surface area contributed by atoms with Crippen molar-refractivity contribution in [1.29, 1.82) is 0 Å². The summed E-state index contributed by atoms with van der Waals surface area (Å²) in [5.74, 6) is 1.49. The van der Waals surface area contributed by atoms with E-state index in [-0.39, 0.29) is 5.56 Å². The zero-order valence-corrected chi connectivity index (χ0v) is 9.07. The van der Waals surface area contributed by atoms with Crippen molar-refractivity contribution in [2.45, 2.75) is 51.0 Å². The van der Waals surface area contributed by atoms with Crippen LogP contribution in [0.15, 0.2) is 10.9 Å². The first-order valence-electron chi connectivity index (χ1n) is 5.86. The van der Waals surface area contributed by atoms with Crippen LogP contribution in [0, 0.1) is 6.92 Å². The Balaban J connectivity index is 2.03. The molecule has 0 amide bonds. The molecule has 0 aromatic carbocycles. The molecule has 3 rings (SSSR count). The molecule has 0 bridgehead atoms. The number of aryl methyl sites for hydroxylation is 1. The first-order valence-corrected chi connectivity index (χ1v) is 5.86. The highest BCUT2D eigenvalue weighted by atomic mass is 16.1. The van der Waals surface area contributed by atoms with Crippen LogP contribution in [0.2, 0.25) is 0 Å². The number of hydrogen-bond acceptors (Lipinski definition) is 2. The quantitative estimate of drug-likeness (QED) is 0.740. The van der Waals surface area contributed by atoms with Gasteiger partial charge >= 0.3 is 0 Å². The highest BCUT2D eigenvalue weighted by Gasteiger charge is 2.28. The summed E-state index contributed by atoms with van der Waals surface area (Å²) < 4.78 is 1.88. The molecule has 2 fully saturated rings. The van der Waals surface area contributed by atoms with Crippen LogP contribution >= 0.6 is 0 Å². The molecular formula is C12H16N2O. The molecule has 1 aromatic rings. The Bertz CT molecular complexity index is 441. The van der Waals surface area contributed by atoms with Crippen LogP contribution < -0.4 is 5.56 Å². The molecular weight excluding hydrogens is 188 g/mol. The van der Waals surface area contributed by atoms with E-state index < -0.39 is 0 Å². The molecule has 0 unspecified atom stereocenters. The van der Waals surface area contributed by atoms with Gasteiger partial charge in [0.15, 0.2) is 0 Å². The van der Waals surface area contributed by atoms with Gasteiger partial charge in [-0.1, -0.05) is 0 Å². The van der Waals surface area contributed by atoms with Gasteiger partial charge in [-0.15, -0.1) is 0 Å². The predicted octanol–water partition coefficient (Wildman–Crippen LogP) is 2.15. The lowest BCUT2D eigenvalue weighted by molar-refractivity contribution is 0.297. The average Bonchev–Trinajstić information content (AvgIpc) is 2.90. The van der Waals surface area contributed by atoms with Gasteiger partial charge in [-0.25, -0.2) is 4.98 Å². The second-order valence-electron chi connectivity index (χ2n) is 4.80. The maximum Gasteiger partial charge on any atom is 0.253 e. The van der Waals surface area contributed by atoms with Gasteiger partial charge in [0.1, 0.15) is 5.82 Å². The van der Waals surface area contributed by atoms with Crippen molar-refractivity contribution >= 4 is 0 Å². The van der Waals surface area contributed by atoms with Crippen molar-refractivity contribution in [1.82, 2.24) is 9.55 Å². The van der Waals surface area contributed by atoms with Crippen molar-refractivity contribution in [2.24, 2.45) is 0 Å². The van der Waals surface area contributed by atoms with E-state index in [0.29, 0.717) is 12.0 Å². The summed E-state index contributed by atoms with van der Waals surface area (Å²) in [7, 11) is 0. The van der Waals surface area contributed by atoms with E-state index >= 15 is 0 Å². The molecule has 0 saturated heterocycles. The van der Waals surface area contributed by atoms with Gasteiger partial charge in [-0.2, -0.15) is 0 Å². The summed E-state index contributed by atoms with van der Waals surface area (Å²) in [5, 5.41) is 0. The fourth-order valence-corrected chi connectivity index (χ4v) is 2.31. The molecule has 0 spiro atoms. The van der Waals surface area contributed by atoms with Crippen molar-refractivity contribution in [2.75, 3.05) is 0 Å². The summed E-state index contributed by atoms with van der Waals surface area (Å²) in [4.78, 5) is 16.5. The first kappa shape index (κ1) is 9.13. The van der Waals surface area contributed by atoms with Crippen LogP contribution in [0.5, 0.6) is 0 Å². The van der Waals surface area contributed by atoms with Crippen LogP contribution in [0.25, 0.3) is 0 Å². The second-order valence-corrected chi connectivity index (χ2v) is 4.80. The highest BCUT2D eigenvalue weighted by Crippen LogP contribution is 2.39. The SMILES string of the molecule is Cc1nc(C2CC2)cc(=O)n1C1CCC1. The Hall–Kier alpha value is -1.12. The van der Waals surface area contributed by atoms with E-state index in [1.807, 2.05) is 11.5 Å². The number of nitrogens with zero attached hydrogens (tertiary/aromatic N) is 2. The maximum absolute atomic E-state index is 12.0. The summed E-state index contributed by atoms with van der Waals surface area (Å²) in [6.07, 6.45) is 5.95. The molecule has 0 N–H and O–H groups in total. The smallest absolute Gasteiger partial charge is 0.253 e. The highest BCUT2D eigenvalue weighted by molar-refractivity contribution is 5.15. The van der Waals surface area contributed by atoms with E-state index in [4.69, 9.17) is 0 Å². The molecule has 15 heavy (non-hydrogen) atoms. The lowest BCUT2D eigenvalue weighted by Crippen LogP contribution is -2.31. The van der Waals surface area contributed by atoms with Crippen LogP contribution in [0.3, 0.4) is 0 Å². The van der Waals surface area contributed by atoms with Gasteiger partial charge in [0, 0.05) is 18.0 Å². The minimum Gasteiger partial charge on any atom is -0.294 e. The van der Waals surface area contributed by atoms with Crippen molar-refractivity contribution in [3.8, 4) is 0 Å². The Labute approximate surface area is 89.2 Å². The number of rotatable bonds is 2. The van der Waals surface area contributed by atoms with Crippen molar-refractivity contribution in [3.63, 3.8) is 0 Å². The molecule has 3 heteroatoms. The van der Waals surface area contributed by atoms with E-state index in [1.54, 1.807) is 6.07 Å². The molecule has 80 valence electrons. The van der Waals surface area contributed by atoms with Gasteiger partial charge in [0.2, 0.25) is 0 Å². The predicted molar refractivity (Wildman–Crippen MR) is 58.1 cm³/mol. The lowest BCUT2D eigenvalue weighted by atomic mass is 9.92. The fourth-order valence-electron chi connectivity index (χ4n) is 2.31. The van der Waals surface area contributed by atoms with Gasteiger partial charge in [-0.3, -0.25) is 9.36 Å². The molecule has 2 saturated carbocycles. The van der Waals surface area contributed by atoms with Gasteiger partial charge in [-0.05, 0) is 39.0 Å². The summed E-state index contributed by atoms with van der Waals surface area (Å²) in [6, 6.07) is 2.18. The van der Waals surface area contributed by atoms with Gasteiger partial charge in [0.05, 0.1) is 5.69 Å². The van der Waals surface area contributed by atoms with Crippen LogP contribution in [-0.4, -0.2) is 9.55 Å². The van der Waals surface area contributed by atoms with E-state index in [9.17, 15) is 4.79 Å². The fraction of sp³-hybridized carbons (Fsp3) is 0.667. The largest absolute Gasteiger partial charge is 0.294 e. The molecule has 3 nitrogen and oxygen atoms in total. The molecule has 2 aliphatic rings. The van der Waals surface area contributed by atoms with Crippen LogP contribution in [0.1, 0.15) is 55.6 Å². The monoisotopic (exact) mass is 204 g/mol. The van der Waals surface area contributed by atoms with Gasteiger partial charge < -0.3 is 0 Å². The van der Waals surface area contributed by atoms with Crippen molar-refractivity contribution < 1.29 is 0 Å². The minimum atomic E-state index is 0.161. The minimum absolute atomic E-state index is 0.161. The summed E-state index contributed by atoms with van der Waals surface area (Å²) >= 11 is 0. The number of hydrogen-bond donors (Lipinski definition) is 0. The van der Waals surface area contributed by atoms with Gasteiger partial charge in [0.25, 0.3) is 5.56 Å². The standard InChI is InChI=1S/C12H16N2O/c1-8-13-11(9-5-6-9)7-12(15)14(8)10-3-2-4-10/h7,9-10H,2-6H2,1H3. The number of aromatic nitrogens is 2. The topological polar surface area (TPSA) is 34.9 Å². The van der Waals surface area contributed by atoms with E-state index in [0.717, 1.165) is 24.4 Å². The molecule has 2 aliphatic carbocycles. The Morgan fingerprint density at radius 2 is 2.07 bits per heavy atom. The molecule has 0 radical (unpaired) electrons. The Morgan fingerprint density at radius 3 is 2.53 bits per heavy atom. The summed E-state index contributed by atoms with van der Waals surface area (Å²) in [6.45, 7) is 1.96. The first-order chi connectivity index (χ1) is 7.25. The summed E-state index contributed by atoms with van der Waals surface area (Å²) in [5.41, 5.74) is 1.18. The zero-order chi connectivity index (χ0) is 10.4. The third kappa shape index (κ3) is 1.50.